The summed E-state index contributed by atoms with van der Waals surface area (Å²) in [5.41, 5.74) is 3.29. The second-order valence-corrected chi connectivity index (χ2v) is 9.27. The molecule has 1 fully saturated rings. The van der Waals surface area contributed by atoms with Gasteiger partial charge in [0.15, 0.2) is 0 Å². The molecule has 1 aliphatic heterocycles. The number of pyridine rings is 1. The third-order valence-corrected chi connectivity index (χ3v) is 6.52. The molecule has 39 heavy (non-hydrogen) atoms. The molecule has 0 saturated carbocycles. The zero-order valence-corrected chi connectivity index (χ0v) is 21.5. The van der Waals surface area contributed by atoms with E-state index >= 15 is 0 Å². The fourth-order valence-electron chi connectivity index (χ4n) is 4.34. The summed E-state index contributed by atoms with van der Waals surface area (Å²) < 4.78 is 34.5. The highest BCUT2D eigenvalue weighted by molar-refractivity contribution is 6.10. The van der Waals surface area contributed by atoms with Gasteiger partial charge in [-0.3, -0.25) is 10.4 Å². The maximum absolute atomic E-state index is 14.6. The van der Waals surface area contributed by atoms with Crippen LogP contribution in [0, 0.1) is 17.6 Å². The van der Waals surface area contributed by atoms with Crippen LogP contribution in [0.2, 0.25) is 0 Å². The van der Waals surface area contributed by atoms with Gasteiger partial charge in [0.25, 0.3) is 5.71 Å². The van der Waals surface area contributed by atoms with E-state index in [0.717, 1.165) is 30.8 Å². The Morgan fingerprint density at radius 2 is 1.85 bits per heavy atom. The first-order valence-corrected chi connectivity index (χ1v) is 12.8. The Hall–Kier alpha value is -4.44. The van der Waals surface area contributed by atoms with Gasteiger partial charge in [-0.05, 0) is 56.6 Å². The van der Waals surface area contributed by atoms with Gasteiger partial charge in [-0.2, -0.15) is 0 Å². The fraction of sp³-hybridized carbons (Fsp3) is 0.241. The molecule has 0 aliphatic carbocycles. The quantitative estimate of drug-likeness (QED) is 0.221. The third kappa shape index (κ3) is 6.18. The van der Waals surface area contributed by atoms with E-state index in [1.54, 1.807) is 31.6 Å². The Balaban J connectivity index is 1.39. The molecule has 2 aromatic carbocycles. The highest BCUT2D eigenvalue weighted by atomic mass is 19.1. The first kappa shape index (κ1) is 26.2. The largest absolute Gasteiger partial charge is 0.494 e. The van der Waals surface area contributed by atoms with Crippen molar-refractivity contribution < 1.29 is 18.9 Å². The summed E-state index contributed by atoms with van der Waals surface area (Å²) >= 11 is 0. The van der Waals surface area contributed by atoms with Crippen molar-refractivity contribution in [1.29, 1.82) is 0 Å². The molecule has 200 valence electrons. The molecular weight excluding hydrogens is 500 g/mol. The molecule has 0 unspecified atom stereocenters. The molecule has 5 rings (SSSR count). The van der Waals surface area contributed by atoms with Crippen LogP contribution in [0.4, 0.5) is 26.0 Å². The van der Waals surface area contributed by atoms with Crippen LogP contribution in [0.3, 0.4) is 0 Å². The second-order valence-electron chi connectivity index (χ2n) is 9.27. The minimum Gasteiger partial charge on any atom is -0.494 e. The molecule has 3 heterocycles. The number of hydrogen-bond acceptors (Lipinski definition) is 7. The minimum absolute atomic E-state index is 0.0849. The lowest BCUT2D eigenvalue weighted by Crippen LogP contribution is -2.43. The van der Waals surface area contributed by atoms with Crippen LogP contribution in [0.1, 0.15) is 29.4 Å². The fourth-order valence-corrected chi connectivity index (χ4v) is 4.34. The highest BCUT2D eigenvalue weighted by Gasteiger charge is 2.23. The number of nitrogens with two attached hydrogens (primary N) is 1. The number of hydrogen-bond donors (Lipinski definition) is 4. The predicted molar refractivity (Wildman–Crippen MR) is 146 cm³/mol. The number of rotatable bonds is 11. The molecule has 8 nitrogen and oxygen atoms in total. The van der Waals surface area contributed by atoms with E-state index in [1.807, 2.05) is 30.3 Å². The Labute approximate surface area is 225 Å². The molecule has 4 aromatic rings. The van der Waals surface area contributed by atoms with E-state index in [9.17, 15) is 8.78 Å². The summed E-state index contributed by atoms with van der Waals surface area (Å²) in [5.74, 6) is 0.312. The van der Waals surface area contributed by atoms with Crippen LogP contribution in [-0.2, 0) is 13.0 Å². The third-order valence-electron chi connectivity index (χ3n) is 6.52. The molecule has 10 heteroatoms. The molecule has 1 aliphatic rings. The number of nitrogens with one attached hydrogen (secondary N) is 3. The van der Waals surface area contributed by atoms with Gasteiger partial charge in [0, 0.05) is 59.8 Å². The van der Waals surface area contributed by atoms with Gasteiger partial charge >= 0.3 is 0 Å². The Bertz CT molecular complexity index is 1440. The average Bonchev–Trinajstić information content (AvgIpc) is 2.91. The molecule has 0 spiro atoms. The summed E-state index contributed by atoms with van der Waals surface area (Å²) in [6, 6.07) is 13.3. The number of halogens is 2. The Morgan fingerprint density at radius 3 is 2.54 bits per heavy atom. The van der Waals surface area contributed by atoms with Crippen molar-refractivity contribution in [2.75, 3.05) is 30.3 Å². The van der Waals surface area contributed by atoms with Crippen LogP contribution < -0.4 is 26.1 Å². The Morgan fingerprint density at radius 1 is 1.10 bits per heavy atom. The van der Waals surface area contributed by atoms with Crippen LogP contribution in [0.5, 0.6) is 5.75 Å². The number of para-hydroxylation sites is 1. The standard InChI is InChI=1S/C29H29F2N7O/c1-2-39-21-12-24(30)23(25(31)13-21)17-35-26-6-4-3-5-22(26)27(32)29-36-16-19(11-18-14-34-15-18)28(38-29)37-20-7-9-33-10-8-20/h3-10,12-13,16,18,32,34-35H,2,11,14-15,17H2,1H3,(H,33,36,37,38)/p+1. The van der Waals surface area contributed by atoms with E-state index in [4.69, 9.17) is 15.1 Å². The number of anilines is 3. The monoisotopic (exact) mass is 530 g/mol. The van der Waals surface area contributed by atoms with Crippen molar-refractivity contribution in [3.8, 4) is 5.75 Å². The lowest BCUT2D eigenvalue weighted by atomic mass is 9.95. The van der Waals surface area contributed by atoms with Gasteiger partial charge in [0.05, 0.1) is 12.2 Å². The maximum Gasteiger partial charge on any atom is 0.251 e. The van der Waals surface area contributed by atoms with Gasteiger partial charge in [-0.25, -0.2) is 18.7 Å². The summed E-state index contributed by atoms with van der Waals surface area (Å²) in [4.78, 5) is 13.4. The summed E-state index contributed by atoms with van der Waals surface area (Å²) in [7, 11) is 0. The van der Waals surface area contributed by atoms with Gasteiger partial charge in [-0.15, -0.1) is 0 Å². The smallest absolute Gasteiger partial charge is 0.251 e. The van der Waals surface area contributed by atoms with Crippen LogP contribution in [0.25, 0.3) is 0 Å². The average molecular weight is 531 g/mol. The van der Waals surface area contributed by atoms with Crippen molar-refractivity contribution in [1.82, 2.24) is 20.3 Å². The SMILES string of the molecule is CCOc1cc(F)c(CNc2ccccc2C(=[NH2+])c2ncc(CC3CNC3)c(Nc3ccncc3)n2)c(F)c1. The second kappa shape index (κ2) is 12.0. The van der Waals surface area contributed by atoms with Crippen molar-refractivity contribution in [2.24, 2.45) is 5.92 Å². The van der Waals surface area contributed by atoms with Crippen molar-refractivity contribution >= 4 is 22.9 Å². The predicted octanol–water partition coefficient (Wildman–Crippen LogP) is 3.26. The zero-order valence-electron chi connectivity index (χ0n) is 21.5. The lowest BCUT2D eigenvalue weighted by Gasteiger charge is -2.27. The zero-order chi connectivity index (χ0) is 27.2. The number of nitrogens with zero attached hydrogens (tertiary/aromatic N) is 3. The van der Waals surface area contributed by atoms with E-state index in [2.05, 4.69) is 25.9 Å². The number of aromatic nitrogens is 3. The van der Waals surface area contributed by atoms with Gasteiger partial charge < -0.3 is 20.7 Å². The minimum atomic E-state index is -0.687. The Kier molecular flexibility index (Phi) is 8.02. The van der Waals surface area contributed by atoms with E-state index in [0.29, 0.717) is 41.1 Å². The molecule has 5 N–H and O–H groups in total. The van der Waals surface area contributed by atoms with E-state index in [-0.39, 0.29) is 17.9 Å². The van der Waals surface area contributed by atoms with Gasteiger partial charge in [0.1, 0.15) is 23.2 Å². The summed E-state index contributed by atoms with van der Waals surface area (Å²) in [6.45, 7) is 3.90. The topological polar surface area (TPSA) is 110 Å². The normalized spacial score (nSPS) is 13.0. The molecule has 0 bridgehead atoms. The molecule has 1 saturated heterocycles. The van der Waals surface area contributed by atoms with Crippen LogP contribution >= 0.6 is 0 Å². The van der Waals surface area contributed by atoms with Crippen molar-refractivity contribution in [2.45, 2.75) is 19.9 Å². The van der Waals surface area contributed by atoms with Crippen molar-refractivity contribution in [3.63, 3.8) is 0 Å². The number of benzene rings is 2. The first-order valence-electron chi connectivity index (χ1n) is 12.8. The van der Waals surface area contributed by atoms with E-state index < -0.39 is 11.6 Å². The molecule has 0 amide bonds. The number of ether oxygens (including phenoxy) is 1. The molecule has 0 radical (unpaired) electrons. The molecule has 0 atom stereocenters. The highest BCUT2D eigenvalue weighted by Crippen LogP contribution is 2.25. The molecule has 2 aromatic heterocycles. The van der Waals surface area contributed by atoms with E-state index in [1.165, 1.54) is 12.1 Å². The summed E-state index contributed by atoms with van der Waals surface area (Å²) in [6.07, 6.45) is 6.05. The summed E-state index contributed by atoms with van der Waals surface area (Å²) in [5, 5.41) is 16.4. The van der Waals surface area contributed by atoms with Crippen LogP contribution in [-0.4, -0.2) is 40.4 Å². The van der Waals surface area contributed by atoms with Crippen molar-refractivity contribution in [3.05, 3.63) is 101 Å². The van der Waals surface area contributed by atoms with Gasteiger partial charge in [0.2, 0.25) is 5.82 Å². The van der Waals surface area contributed by atoms with Crippen LogP contribution in [0.15, 0.2) is 67.1 Å². The van der Waals surface area contributed by atoms with Gasteiger partial charge in [-0.1, -0.05) is 12.1 Å². The first-order chi connectivity index (χ1) is 19.0. The lowest BCUT2D eigenvalue weighted by molar-refractivity contribution is -0.112. The maximum atomic E-state index is 14.6. The molecular formula is C29H30F2N7O+.